The molecule has 2 amide bonds. The summed E-state index contributed by atoms with van der Waals surface area (Å²) in [4.78, 5) is 27.7. The van der Waals surface area contributed by atoms with Gasteiger partial charge in [-0.2, -0.15) is 0 Å². The number of hydrogen-bond donors (Lipinski definition) is 0. The van der Waals surface area contributed by atoms with Gasteiger partial charge in [-0.1, -0.05) is 80.6 Å². The molecule has 3 heteroatoms. The zero-order valence-corrected chi connectivity index (χ0v) is 16.0. The molecule has 2 aliphatic rings. The van der Waals surface area contributed by atoms with Crippen molar-refractivity contribution in [1.82, 2.24) is 4.90 Å². The van der Waals surface area contributed by atoms with Crippen LogP contribution in [0.3, 0.4) is 0 Å². The van der Waals surface area contributed by atoms with E-state index in [1.807, 2.05) is 42.5 Å². The minimum atomic E-state index is -0.650. The van der Waals surface area contributed by atoms with Gasteiger partial charge < -0.3 is 0 Å². The second-order valence-corrected chi connectivity index (χ2v) is 8.17. The van der Waals surface area contributed by atoms with E-state index in [0.717, 1.165) is 17.5 Å². The number of amides is 2. The van der Waals surface area contributed by atoms with Crippen LogP contribution in [0.4, 0.5) is 0 Å². The van der Waals surface area contributed by atoms with Crippen molar-refractivity contribution in [2.45, 2.75) is 50.4 Å². The molecule has 2 aromatic rings. The summed E-state index contributed by atoms with van der Waals surface area (Å²) < 4.78 is 0. The summed E-state index contributed by atoms with van der Waals surface area (Å²) in [5.41, 5.74) is 2.11. The third-order valence-electron chi connectivity index (χ3n) is 6.40. The van der Waals surface area contributed by atoms with Crippen molar-refractivity contribution < 1.29 is 9.59 Å². The van der Waals surface area contributed by atoms with Crippen LogP contribution in [-0.4, -0.2) is 23.8 Å². The second kappa shape index (κ2) is 7.30. The maximum Gasteiger partial charge on any atom is 0.260 e. The van der Waals surface area contributed by atoms with Gasteiger partial charge in [0.15, 0.2) is 0 Å². The lowest BCUT2D eigenvalue weighted by atomic mass is 9.64. The van der Waals surface area contributed by atoms with Gasteiger partial charge in [0, 0.05) is 12.6 Å². The van der Waals surface area contributed by atoms with Crippen molar-refractivity contribution in [3.05, 3.63) is 71.3 Å². The van der Waals surface area contributed by atoms with Gasteiger partial charge in [0.1, 0.15) is 0 Å². The maximum atomic E-state index is 13.6. The van der Waals surface area contributed by atoms with Crippen molar-refractivity contribution >= 4 is 11.8 Å². The van der Waals surface area contributed by atoms with Gasteiger partial charge in [0.25, 0.3) is 5.91 Å². The Morgan fingerprint density at radius 1 is 0.926 bits per heavy atom. The Bertz CT molecular complexity index is 838. The molecule has 140 valence electrons. The molecular weight excluding hydrogens is 334 g/mol. The first-order chi connectivity index (χ1) is 13.1. The van der Waals surface area contributed by atoms with Crippen LogP contribution in [0.5, 0.6) is 0 Å². The molecule has 1 aliphatic heterocycles. The van der Waals surface area contributed by atoms with Crippen molar-refractivity contribution in [2.75, 3.05) is 7.05 Å². The number of likely N-dealkylation sites (N-methyl/N-ethyl adjacent to an activating group) is 1. The molecule has 0 radical (unpaired) electrons. The number of nitrogens with zero attached hydrogens (tertiary/aromatic N) is 1. The fourth-order valence-electron chi connectivity index (χ4n) is 5.06. The number of imide groups is 1. The highest BCUT2D eigenvalue weighted by Crippen LogP contribution is 2.44. The largest absolute Gasteiger partial charge is 0.281 e. The van der Waals surface area contributed by atoms with E-state index in [1.54, 1.807) is 7.05 Å². The highest BCUT2D eigenvalue weighted by molar-refractivity contribution is 6.13. The molecular formula is C24H27NO2. The molecule has 1 saturated carbocycles. The molecule has 0 N–H and O–H groups in total. The normalized spacial score (nSPS) is 23.4. The first-order valence-electron chi connectivity index (χ1n) is 10.1. The molecule has 2 aromatic carbocycles. The average Bonchev–Trinajstić information content (AvgIpc) is 2.72. The number of benzene rings is 2. The topological polar surface area (TPSA) is 37.4 Å². The quantitative estimate of drug-likeness (QED) is 0.737. The molecule has 0 spiro atoms. The summed E-state index contributed by atoms with van der Waals surface area (Å²) in [5.74, 6) is 0.324. The first kappa shape index (κ1) is 18.0. The second-order valence-electron chi connectivity index (χ2n) is 8.17. The van der Waals surface area contributed by atoms with Crippen LogP contribution in [0.15, 0.2) is 54.6 Å². The SMILES string of the molecule is CN1C(=O)c2ccccc2C(Cc2ccccc2)(CC2CCCCC2)C1=O. The van der Waals surface area contributed by atoms with Crippen molar-refractivity contribution in [1.29, 1.82) is 0 Å². The van der Waals surface area contributed by atoms with E-state index in [0.29, 0.717) is 17.9 Å². The Kier molecular flexibility index (Phi) is 4.86. The fourth-order valence-corrected chi connectivity index (χ4v) is 5.06. The van der Waals surface area contributed by atoms with Crippen LogP contribution >= 0.6 is 0 Å². The number of fused-ring (bicyclic) bond motifs is 1. The van der Waals surface area contributed by atoms with Crippen molar-refractivity contribution in [3.8, 4) is 0 Å². The molecule has 1 fully saturated rings. The van der Waals surface area contributed by atoms with E-state index in [1.165, 1.54) is 37.0 Å². The molecule has 1 aliphatic carbocycles. The lowest BCUT2D eigenvalue weighted by Gasteiger charge is -2.43. The van der Waals surface area contributed by atoms with Gasteiger partial charge in [0.2, 0.25) is 5.91 Å². The van der Waals surface area contributed by atoms with Crippen LogP contribution in [0, 0.1) is 5.92 Å². The van der Waals surface area contributed by atoms with Crippen LogP contribution in [0.25, 0.3) is 0 Å². The number of hydrogen-bond acceptors (Lipinski definition) is 2. The zero-order valence-electron chi connectivity index (χ0n) is 16.0. The van der Waals surface area contributed by atoms with Crippen LogP contribution in [0.2, 0.25) is 0 Å². The van der Waals surface area contributed by atoms with E-state index in [9.17, 15) is 9.59 Å². The minimum Gasteiger partial charge on any atom is -0.281 e. The molecule has 3 nitrogen and oxygen atoms in total. The van der Waals surface area contributed by atoms with Gasteiger partial charge in [-0.3, -0.25) is 14.5 Å². The van der Waals surface area contributed by atoms with Crippen molar-refractivity contribution in [3.63, 3.8) is 0 Å². The highest BCUT2D eigenvalue weighted by atomic mass is 16.2. The van der Waals surface area contributed by atoms with E-state index < -0.39 is 5.41 Å². The van der Waals surface area contributed by atoms with Gasteiger partial charge in [-0.15, -0.1) is 0 Å². The molecule has 1 unspecified atom stereocenters. The predicted octanol–water partition coefficient (Wildman–Crippen LogP) is 4.75. The molecule has 27 heavy (non-hydrogen) atoms. The molecule has 1 heterocycles. The molecule has 1 atom stereocenters. The van der Waals surface area contributed by atoms with Crippen LogP contribution < -0.4 is 0 Å². The lowest BCUT2D eigenvalue weighted by Crippen LogP contribution is -2.54. The van der Waals surface area contributed by atoms with Crippen molar-refractivity contribution in [2.24, 2.45) is 5.92 Å². The number of rotatable bonds is 4. The number of carbonyl (C=O) groups excluding carboxylic acids is 2. The van der Waals surface area contributed by atoms with Gasteiger partial charge in [0.05, 0.1) is 5.41 Å². The summed E-state index contributed by atoms with van der Waals surface area (Å²) in [7, 11) is 1.64. The predicted molar refractivity (Wildman–Crippen MR) is 107 cm³/mol. The van der Waals surface area contributed by atoms with Crippen LogP contribution in [0.1, 0.15) is 60.0 Å². The van der Waals surface area contributed by atoms with E-state index in [4.69, 9.17) is 0 Å². The number of carbonyl (C=O) groups is 2. The van der Waals surface area contributed by atoms with Gasteiger partial charge >= 0.3 is 0 Å². The summed E-state index contributed by atoms with van der Waals surface area (Å²) in [6.07, 6.45) is 7.64. The molecule has 4 rings (SSSR count). The molecule has 0 saturated heterocycles. The van der Waals surface area contributed by atoms with E-state index in [-0.39, 0.29) is 11.8 Å². The zero-order chi connectivity index (χ0) is 18.9. The Morgan fingerprint density at radius 2 is 1.59 bits per heavy atom. The first-order valence-corrected chi connectivity index (χ1v) is 10.1. The summed E-state index contributed by atoms with van der Waals surface area (Å²) in [6.45, 7) is 0. The van der Waals surface area contributed by atoms with E-state index >= 15 is 0 Å². The highest BCUT2D eigenvalue weighted by Gasteiger charge is 2.50. The third kappa shape index (κ3) is 3.20. The fraction of sp³-hybridized carbons (Fsp3) is 0.417. The molecule has 0 aromatic heterocycles. The van der Waals surface area contributed by atoms with Gasteiger partial charge in [-0.25, -0.2) is 0 Å². The Hall–Kier alpha value is -2.42. The smallest absolute Gasteiger partial charge is 0.260 e. The van der Waals surface area contributed by atoms with Gasteiger partial charge in [-0.05, 0) is 36.0 Å². The minimum absolute atomic E-state index is 0.0411. The standard InChI is InChI=1S/C24H27NO2/c1-25-22(26)20-14-8-9-15-21(20)24(23(25)27,16-18-10-4-2-5-11-18)17-19-12-6-3-7-13-19/h2,4-5,8-11,14-15,19H,3,6-7,12-13,16-17H2,1H3. The molecule has 0 bridgehead atoms. The monoisotopic (exact) mass is 361 g/mol. The Morgan fingerprint density at radius 3 is 2.33 bits per heavy atom. The third-order valence-corrected chi connectivity index (χ3v) is 6.40. The lowest BCUT2D eigenvalue weighted by molar-refractivity contribution is -0.135. The van der Waals surface area contributed by atoms with Crippen LogP contribution in [-0.2, 0) is 16.6 Å². The Balaban J connectivity index is 1.84. The summed E-state index contributed by atoms with van der Waals surface area (Å²) in [6, 6.07) is 18.0. The summed E-state index contributed by atoms with van der Waals surface area (Å²) in [5, 5.41) is 0. The average molecular weight is 361 g/mol. The maximum absolute atomic E-state index is 13.6. The summed E-state index contributed by atoms with van der Waals surface area (Å²) >= 11 is 0. The Labute approximate surface area is 161 Å². The van der Waals surface area contributed by atoms with E-state index in [2.05, 4.69) is 12.1 Å².